The largest absolute Gasteiger partial charge is 0.454 e. The van der Waals surface area contributed by atoms with Crippen molar-refractivity contribution in [1.29, 1.82) is 0 Å². The van der Waals surface area contributed by atoms with Gasteiger partial charge in [0.2, 0.25) is 12.7 Å². The zero-order valence-electron chi connectivity index (χ0n) is 10.1. The van der Waals surface area contributed by atoms with E-state index in [1.54, 1.807) is 0 Å². The van der Waals surface area contributed by atoms with E-state index in [0.717, 1.165) is 17.1 Å². The third-order valence-corrected chi connectivity index (χ3v) is 2.84. The van der Waals surface area contributed by atoms with E-state index in [9.17, 15) is 0 Å². The second-order valence-electron chi connectivity index (χ2n) is 3.98. The SMILES string of the molecule is ClCCc1nnc(NCc2ccc3c(c2)OCO3)o1. The predicted octanol–water partition coefficient (Wildman–Crippen LogP) is 2.19. The minimum absolute atomic E-state index is 0.275. The number of hydrogen-bond acceptors (Lipinski definition) is 6. The normalized spacial score (nSPS) is 12.7. The summed E-state index contributed by atoms with van der Waals surface area (Å²) >= 11 is 5.60. The lowest BCUT2D eigenvalue weighted by Gasteiger charge is -2.03. The Kier molecular flexibility index (Phi) is 3.41. The summed E-state index contributed by atoms with van der Waals surface area (Å²) in [5.74, 6) is 2.52. The Morgan fingerprint density at radius 1 is 1.21 bits per heavy atom. The lowest BCUT2D eigenvalue weighted by molar-refractivity contribution is 0.174. The van der Waals surface area contributed by atoms with Gasteiger partial charge in [0.25, 0.3) is 0 Å². The average Bonchev–Trinajstić information content (AvgIpc) is 3.04. The molecule has 0 atom stereocenters. The number of nitrogens with zero attached hydrogens (tertiary/aromatic N) is 2. The fourth-order valence-corrected chi connectivity index (χ4v) is 1.90. The quantitative estimate of drug-likeness (QED) is 0.847. The second-order valence-corrected chi connectivity index (χ2v) is 4.36. The van der Waals surface area contributed by atoms with Crippen molar-refractivity contribution >= 4 is 17.6 Å². The zero-order chi connectivity index (χ0) is 13.1. The van der Waals surface area contributed by atoms with Crippen molar-refractivity contribution < 1.29 is 13.9 Å². The molecule has 0 fully saturated rings. The van der Waals surface area contributed by atoms with Gasteiger partial charge in [-0.3, -0.25) is 0 Å². The lowest BCUT2D eigenvalue weighted by Crippen LogP contribution is -1.99. The van der Waals surface area contributed by atoms with Crippen LogP contribution < -0.4 is 14.8 Å². The van der Waals surface area contributed by atoms with Gasteiger partial charge < -0.3 is 19.2 Å². The van der Waals surface area contributed by atoms with Crippen LogP contribution in [-0.2, 0) is 13.0 Å². The minimum Gasteiger partial charge on any atom is -0.454 e. The van der Waals surface area contributed by atoms with Crippen molar-refractivity contribution in [3.05, 3.63) is 29.7 Å². The molecule has 0 spiro atoms. The lowest BCUT2D eigenvalue weighted by atomic mass is 10.2. The van der Waals surface area contributed by atoms with E-state index < -0.39 is 0 Å². The van der Waals surface area contributed by atoms with E-state index in [2.05, 4.69) is 15.5 Å². The summed E-state index contributed by atoms with van der Waals surface area (Å²) in [5.41, 5.74) is 1.04. The molecule has 0 amide bonds. The Hall–Kier alpha value is -1.95. The number of nitrogens with one attached hydrogen (secondary N) is 1. The van der Waals surface area contributed by atoms with Crippen molar-refractivity contribution in [2.24, 2.45) is 0 Å². The molecule has 6 nitrogen and oxygen atoms in total. The average molecular weight is 282 g/mol. The number of rotatable bonds is 5. The highest BCUT2D eigenvalue weighted by atomic mass is 35.5. The van der Waals surface area contributed by atoms with Crippen LogP contribution >= 0.6 is 11.6 Å². The van der Waals surface area contributed by atoms with Crippen LogP contribution in [0.3, 0.4) is 0 Å². The van der Waals surface area contributed by atoms with E-state index in [1.165, 1.54) is 0 Å². The van der Waals surface area contributed by atoms with Gasteiger partial charge in [-0.2, -0.15) is 0 Å². The standard InChI is InChI=1S/C12H12ClN3O3/c13-4-3-11-15-16-12(19-11)14-6-8-1-2-9-10(5-8)18-7-17-9/h1-2,5H,3-4,6-7H2,(H,14,16). The van der Waals surface area contributed by atoms with Gasteiger partial charge in [-0.1, -0.05) is 11.2 Å². The van der Waals surface area contributed by atoms with Crippen molar-refractivity contribution in [3.63, 3.8) is 0 Å². The molecule has 1 aliphatic heterocycles. The van der Waals surface area contributed by atoms with Gasteiger partial charge in [0, 0.05) is 18.8 Å². The summed E-state index contributed by atoms with van der Waals surface area (Å²) in [6, 6.07) is 6.14. The summed E-state index contributed by atoms with van der Waals surface area (Å²) in [4.78, 5) is 0. The first-order valence-electron chi connectivity index (χ1n) is 5.86. The summed E-state index contributed by atoms with van der Waals surface area (Å²) in [5, 5.41) is 10.8. The first-order chi connectivity index (χ1) is 9.35. The van der Waals surface area contributed by atoms with Crippen molar-refractivity contribution in [2.45, 2.75) is 13.0 Å². The highest BCUT2D eigenvalue weighted by Crippen LogP contribution is 2.32. The topological polar surface area (TPSA) is 69.4 Å². The molecule has 2 aromatic rings. The molecule has 1 aromatic carbocycles. The van der Waals surface area contributed by atoms with Gasteiger partial charge in [0.15, 0.2) is 11.5 Å². The fourth-order valence-electron chi connectivity index (χ4n) is 1.74. The maximum atomic E-state index is 5.60. The van der Waals surface area contributed by atoms with Gasteiger partial charge in [-0.05, 0) is 17.7 Å². The second kappa shape index (κ2) is 5.36. The number of anilines is 1. The molecule has 0 radical (unpaired) electrons. The number of alkyl halides is 1. The molecular formula is C12H12ClN3O3. The summed E-state index contributed by atoms with van der Waals surface area (Å²) in [6.07, 6.45) is 0.570. The highest BCUT2D eigenvalue weighted by Gasteiger charge is 2.13. The number of fused-ring (bicyclic) bond motifs is 1. The maximum Gasteiger partial charge on any atom is 0.315 e. The highest BCUT2D eigenvalue weighted by molar-refractivity contribution is 6.17. The third kappa shape index (κ3) is 2.73. The first kappa shape index (κ1) is 12.1. The summed E-state index contributed by atoms with van der Waals surface area (Å²) < 4.78 is 15.9. The van der Waals surface area contributed by atoms with E-state index in [1.807, 2.05) is 18.2 Å². The molecule has 1 aromatic heterocycles. The zero-order valence-corrected chi connectivity index (χ0v) is 10.8. The molecular weight excluding hydrogens is 270 g/mol. The molecule has 0 unspecified atom stereocenters. The number of aromatic nitrogens is 2. The summed E-state index contributed by atoms with van der Waals surface area (Å²) in [6.45, 7) is 0.844. The van der Waals surface area contributed by atoms with Gasteiger partial charge >= 0.3 is 6.01 Å². The van der Waals surface area contributed by atoms with Crippen LogP contribution in [0.15, 0.2) is 22.6 Å². The van der Waals surface area contributed by atoms with Crippen molar-refractivity contribution in [3.8, 4) is 11.5 Å². The molecule has 0 saturated heterocycles. The van der Waals surface area contributed by atoms with E-state index >= 15 is 0 Å². The third-order valence-electron chi connectivity index (χ3n) is 2.66. The minimum atomic E-state index is 0.275. The van der Waals surface area contributed by atoms with Crippen LogP contribution in [-0.4, -0.2) is 22.9 Å². The molecule has 0 aliphatic carbocycles. The Bertz CT molecular complexity index is 573. The molecule has 2 heterocycles. The molecule has 19 heavy (non-hydrogen) atoms. The van der Waals surface area contributed by atoms with E-state index in [4.69, 9.17) is 25.5 Å². The Morgan fingerprint density at radius 3 is 3.00 bits per heavy atom. The smallest absolute Gasteiger partial charge is 0.315 e. The van der Waals surface area contributed by atoms with E-state index in [-0.39, 0.29) is 6.79 Å². The molecule has 0 bridgehead atoms. The monoisotopic (exact) mass is 281 g/mol. The van der Waals surface area contributed by atoms with Crippen LogP contribution in [0.2, 0.25) is 0 Å². The van der Waals surface area contributed by atoms with Crippen molar-refractivity contribution in [1.82, 2.24) is 10.2 Å². The number of aryl methyl sites for hydroxylation is 1. The molecule has 100 valence electrons. The predicted molar refractivity (Wildman–Crippen MR) is 68.6 cm³/mol. The molecule has 1 aliphatic rings. The molecule has 0 saturated carbocycles. The van der Waals surface area contributed by atoms with Gasteiger partial charge in [0.1, 0.15) is 0 Å². The summed E-state index contributed by atoms with van der Waals surface area (Å²) in [7, 11) is 0. The Balaban J connectivity index is 1.62. The van der Waals surface area contributed by atoms with Crippen LogP contribution in [0, 0.1) is 0 Å². The van der Waals surface area contributed by atoms with Crippen LogP contribution in [0.4, 0.5) is 6.01 Å². The van der Waals surface area contributed by atoms with Crippen LogP contribution in [0.25, 0.3) is 0 Å². The number of benzene rings is 1. The fraction of sp³-hybridized carbons (Fsp3) is 0.333. The first-order valence-corrected chi connectivity index (χ1v) is 6.39. The Labute approximate surface area is 114 Å². The van der Waals surface area contributed by atoms with Crippen molar-refractivity contribution in [2.75, 3.05) is 18.0 Å². The molecule has 3 rings (SSSR count). The van der Waals surface area contributed by atoms with Gasteiger partial charge in [-0.15, -0.1) is 16.7 Å². The van der Waals surface area contributed by atoms with Gasteiger partial charge in [-0.25, -0.2) is 0 Å². The van der Waals surface area contributed by atoms with E-state index in [0.29, 0.717) is 30.8 Å². The number of ether oxygens (including phenoxy) is 2. The molecule has 7 heteroatoms. The molecule has 1 N–H and O–H groups in total. The van der Waals surface area contributed by atoms with Crippen LogP contribution in [0.5, 0.6) is 11.5 Å². The number of halogens is 1. The van der Waals surface area contributed by atoms with Crippen LogP contribution in [0.1, 0.15) is 11.5 Å². The van der Waals surface area contributed by atoms with Gasteiger partial charge in [0.05, 0.1) is 0 Å². The number of hydrogen-bond donors (Lipinski definition) is 1. The Morgan fingerprint density at radius 2 is 2.11 bits per heavy atom. The maximum absolute atomic E-state index is 5.60.